The maximum atomic E-state index is 13.5. The van der Waals surface area contributed by atoms with E-state index in [0.717, 1.165) is 48.4 Å². The summed E-state index contributed by atoms with van der Waals surface area (Å²) in [5.41, 5.74) is 2.55. The van der Waals surface area contributed by atoms with Crippen LogP contribution in [0.15, 0.2) is 46.0 Å². The molecular formula is C28H24O2S4. The summed E-state index contributed by atoms with van der Waals surface area (Å²) in [6, 6.07) is 12.6. The van der Waals surface area contributed by atoms with Gasteiger partial charge in [-0.25, -0.2) is 0 Å². The maximum Gasteiger partial charge on any atom is 0.205 e. The molecule has 0 aliphatic rings. The van der Waals surface area contributed by atoms with Gasteiger partial charge in [0.05, 0.1) is 28.2 Å². The van der Waals surface area contributed by atoms with Gasteiger partial charge in [-0.2, -0.15) is 0 Å². The molecule has 0 saturated carbocycles. The van der Waals surface area contributed by atoms with Crippen LogP contribution >= 0.6 is 45.3 Å². The Balaban J connectivity index is 1.69. The van der Waals surface area contributed by atoms with Crippen LogP contribution in [-0.2, 0) is 10.8 Å². The van der Waals surface area contributed by atoms with Crippen LogP contribution in [0.1, 0.15) is 52.7 Å². The molecule has 172 valence electrons. The fourth-order valence-electron chi connectivity index (χ4n) is 4.37. The molecule has 0 atom stereocenters. The topological polar surface area (TPSA) is 34.1 Å². The Labute approximate surface area is 213 Å². The predicted molar refractivity (Wildman–Crippen MR) is 155 cm³/mol. The molecule has 0 aliphatic heterocycles. The van der Waals surface area contributed by atoms with Gasteiger partial charge in [0.2, 0.25) is 10.9 Å². The third-order valence-electron chi connectivity index (χ3n) is 6.46. The first kappa shape index (κ1) is 22.4. The van der Waals surface area contributed by atoms with Crippen LogP contribution in [0.3, 0.4) is 0 Å². The van der Waals surface area contributed by atoms with Crippen molar-refractivity contribution in [3.05, 3.63) is 68.0 Å². The second kappa shape index (κ2) is 7.20. The van der Waals surface area contributed by atoms with Gasteiger partial charge in [0, 0.05) is 20.2 Å². The Hall–Kier alpha value is -2.12. The van der Waals surface area contributed by atoms with Crippen molar-refractivity contribution in [2.75, 3.05) is 0 Å². The van der Waals surface area contributed by atoms with E-state index in [4.69, 9.17) is 0 Å². The number of fused-ring (bicyclic) bond motifs is 7. The first-order chi connectivity index (χ1) is 15.9. The second-order valence-electron chi connectivity index (χ2n) is 11.0. The van der Waals surface area contributed by atoms with Crippen molar-refractivity contribution in [3.8, 4) is 0 Å². The average molecular weight is 521 g/mol. The quantitative estimate of drug-likeness (QED) is 0.200. The van der Waals surface area contributed by atoms with Crippen molar-refractivity contribution in [2.45, 2.75) is 52.4 Å². The Morgan fingerprint density at radius 3 is 1.21 bits per heavy atom. The van der Waals surface area contributed by atoms with Crippen molar-refractivity contribution in [1.29, 1.82) is 0 Å². The van der Waals surface area contributed by atoms with Crippen molar-refractivity contribution in [3.63, 3.8) is 0 Å². The molecule has 4 heterocycles. The lowest BCUT2D eigenvalue weighted by Gasteiger charge is -2.19. The molecule has 4 aromatic heterocycles. The summed E-state index contributed by atoms with van der Waals surface area (Å²) in [5.74, 6) is 0. The fourth-order valence-corrected chi connectivity index (χ4v) is 9.86. The van der Waals surface area contributed by atoms with Crippen LogP contribution in [0.2, 0.25) is 0 Å². The zero-order valence-electron chi connectivity index (χ0n) is 19.9. The highest BCUT2D eigenvalue weighted by Gasteiger charge is 2.22. The Bertz CT molecular complexity index is 1770. The molecule has 0 unspecified atom stereocenters. The molecule has 0 amide bonds. The molecule has 2 nitrogen and oxygen atoms in total. The van der Waals surface area contributed by atoms with Gasteiger partial charge in [-0.15, -0.1) is 45.3 Å². The molecule has 0 spiro atoms. The number of hydrogen-bond donors (Lipinski definition) is 0. The van der Waals surface area contributed by atoms with E-state index in [-0.39, 0.29) is 21.7 Å². The van der Waals surface area contributed by atoms with Crippen molar-refractivity contribution in [2.24, 2.45) is 0 Å². The van der Waals surface area contributed by atoms with Crippen LogP contribution in [0.4, 0.5) is 0 Å². The summed E-state index contributed by atoms with van der Waals surface area (Å²) in [6.45, 7) is 13.0. The summed E-state index contributed by atoms with van der Waals surface area (Å²) in [7, 11) is 0. The average Bonchev–Trinajstić information content (AvgIpc) is 3.30. The van der Waals surface area contributed by atoms with E-state index < -0.39 is 0 Å². The monoisotopic (exact) mass is 520 g/mol. The number of rotatable bonds is 0. The van der Waals surface area contributed by atoms with Gasteiger partial charge in [0.25, 0.3) is 0 Å². The van der Waals surface area contributed by atoms with Crippen LogP contribution in [0.25, 0.3) is 48.4 Å². The minimum atomic E-state index is -0.00757. The summed E-state index contributed by atoms with van der Waals surface area (Å²) in [6.07, 6.45) is 0. The number of benzene rings is 2. The lowest BCUT2D eigenvalue weighted by Crippen LogP contribution is -2.11. The standard InChI is InChI=1S/C28H24O2S4/c1-27(2,3)13-7-9-17-15(11-13)19(29)21-23(31-17)25-26(33-21)24-22(34-25)20(30)16-12-14(28(4,5)6)8-10-18(16)32-24/h7-12H,1-6H3. The molecule has 0 saturated heterocycles. The maximum absolute atomic E-state index is 13.5. The van der Waals surface area contributed by atoms with Gasteiger partial charge in [-0.3, -0.25) is 9.59 Å². The SMILES string of the molecule is CC(C)(C)c1ccc2sc3c(sc4c5sc6ccc(C(C)(C)C)cc6c(=O)c5sc34)c(=O)c2c1. The van der Waals surface area contributed by atoms with Crippen LogP contribution in [0.5, 0.6) is 0 Å². The normalized spacial score (nSPS) is 13.2. The van der Waals surface area contributed by atoms with Crippen LogP contribution < -0.4 is 10.9 Å². The Morgan fingerprint density at radius 1 is 0.500 bits per heavy atom. The molecule has 0 bridgehead atoms. The fraction of sp³-hybridized carbons (Fsp3) is 0.286. The molecule has 0 fully saturated rings. The molecule has 0 N–H and O–H groups in total. The molecule has 0 aliphatic carbocycles. The summed E-state index contributed by atoms with van der Waals surface area (Å²) < 4.78 is 7.85. The van der Waals surface area contributed by atoms with Crippen molar-refractivity contribution < 1.29 is 0 Å². The van der Waals surface area contributed by atoms with E-state index in [1.54, 1.807) is 45.3 Å². The lowest BCUT2D eigenvalue weighted by atomic mass is 9.86. The van der Waals surface area contributed by atoms with Gasteiger partial charge in [-0.1, -0.05) is 53.7 Å². The van der Waals surface area contributed by atoms with E-state index in [1.807, 2.05) is 0 Å². The highest BCUT2D eigenvalue weighted by atomic mass is 32.1. The van der Waals surface area contributed by atoms with E-state index >= 15 is 0 Å². The number of hydrogen-bond acceptors (Lipinski definition) is 6. The van der Waals surface area contributed by atoms with Gasteiger partial charge in [0.1, 0.15) is 0 Å². The van der Waals surface area contributed by atoms with Crippen LogP contribution in [-0.4, -0.2) is 0 Å². The highest BCUT2D eigenvalue weighted by Crippen LogP contribution is 2.47. The first-order valence-electron chi connectivity index (χ1n) is 11.3. The van der Waals surface area contributed by atoms with E-state index in [2.05, 4.69) is 77.9 Å². The molecule has 6 heteroatoms. The van der Waals surface area contributed by atoms with Crippen molar-refractivity contribution in [1.82, 2.24) is 0 Å². The number of thiophene rings is 2. The molecule has 2 aromatic carbocycles. The Kier molecular flexibility index (Phi) is 4.73. The van der Waals surface area contributed by atoms with Gasteiger partial charge >= 0.3 is 0 Å². The second-order valence-corrected chi connectivity index (χ2v) is 15.1. The van der Waals surface area contributed by atoms with E-state index in [1.165, 1.54) is 11.1 Å². The summed E-state index contributed by atoms with van der Waals surface area (Å²) >= 11 is 6.47. The molecule has 0 radical (unpaired) electrons. The van der Waals surface area contributed by atoms with E-state index in [9.17, 15) is 9.59 Å². The predicted octanol–water partition coefficient (Wildman–Crippen LogP) is 9.01. The van der Waals surface area contributed by atoms with Gasteiger partial charge in [0.15, 0.2) is 0 Å². The smallest absolute Gasteiger partial charge is 0.205 e. The van der Waals surface area contributed by atoms with Gasteiger partial charge < -0.3 is 0 Å². The van der Waals surface area contributed by atoms with E-state index in [0.29, 0.717) is 0 Å². The highest BCUT2D eigenvalue weighted by molar-refractivity contribution is 7.45. The first-order valence-corrected chi connectivity index (χ1v) is 14.5. The van der Waals surface area contributed by atoms with Crippen molar-refractivity contribution >= 4 is 93.7 Å². The molecule has 34 heavy (non-hydrogen) atoms. The molecular weight excluding hydrogens is 497 g/mol. The Morgan fingerprint density at radius 2 is 0.853 bits per heavy atom. The minimum absolute atomic E-state index is 0.00757. The minimum Gasteiger partial charge on any atom is -0.288 e. The zero-order valence-corrected chi connectivity index (χ0v) is 23.2. The lowest BCUT2D eigenvalue weighted by molar-refractivity contribution is 0.591. The molecule has 6 aromatic rings. The molecule has 6 rings (SSSR count). The summed E-state index contributed by atoms with van der Waals surface area (Å²) in [4.78, 5) is 27.1. The third-order valence-corrected chi connectivity index (χ3v) is 11.9. The third kappa shape index (κ3) is 3.23. The van der Waals surface area contributed by atoms with Gasteiger partial charge in [-0.05, 0) is 46.2 Å². The summed E-state index contributed by atoms with van der Waals surface area (Å²) in [5, 5.41) is 1.60. The zero-order chi connectivity index (χ0) is 24.2. The largest absolute Gasteiger partial charge is 0.288 e. The van der Waals surface area contributed by atoms with Crippen LogP contribution in [0, 0.1) is 0 Å².